The zero-order valence-electron chi connectivity index (χ0n) is 17.5. The largest absolute Gasteiger partial charge is 0.497 e. The summed E-state index contributed by atoms with van der Waals surface area (Å²) < 4.78 is 5.18. The highest BCUT2D eigenvalue weighted by molar-refractivity contribution is 6.46. The Morgan fingerprint density at radius 1 is 0.935 bits per heavy atom. The maximum atomic E-state index is 13.2. The zero-order chi connectivity index (χ0) is 21.8. The van der Waals surface area contributed by atoms with Crippen LogP contribution in [0.25, 0.3) is 22.2 Å². The Morgan fingerprint density at radius 2 is 1.61 bits per heavy atom. The van der Waals surface area contributed by atoms with Crippen LogP contribution in [0, 0.1) is 0 Å². The number of carbonyl (C=O) groups is 2. The third-order valence-corrected chi connectivity index (χ3v) is 5.28. The van der Waals surface area contributed by atoms with Gasteiger partial charge in [0, 0.05) is 16.9 Å². The number of ketones is 1. The number of ether oxygens (including phenoxy) is 1. The van der Waals surface area contributed by atoms with Crippen molar-refractivity contribution >= 4 is 22.6 Å². The van der Waals surface area contributed by atoms with Crippen molar-refractivity contribution in [3.05, 3.63) is 90.0 Å². The molecular weight excluding hydrogens is 388 g/mol. The summed E-state index contributed by atoms with van der Waals surface area (Å²) in [5.41, 5.74) is 3.80. The van der Waals surface area contributed by atoms with E-state index in [-0.39, 0.29) is 6.04 Å². The minimum Gasteiger partial charge on any atom is -0.497 e. The van der Waals surface area contributed by atoms with Crippen molar-refractivity contribution in [2.75, 3.05) is 7.11 Å². The van der Waals surface area contributed by atoms with Crippen LogP contribution in [0.5, 0.6) is 5.75 Å². The number of aromatic nitrogens is 1. The number of hydrogen-bond donors (Lipinski definition) is 2. The molecule has 1 amide bonds. The second-order valence-electron chi connectivity index (χ2n) is 7.54. The summed E-state index contributed by atoms with van der Waals surface area (Å²) in [6.07, 6.45) is 0.614. The number of benzene rings is 3. The van der Waals surface area contributed by atoms with E-state index in [0.29, 0.717) is 17.7 Å². The molecule has 5 heteroatoms. The molecule has 4 rings (SSSR count). The van der Waals surface area contributed by atoms with Gasteiger partial charge >= 0.3 is 0 Å². The molecule has 0 bridgehead atoms. The predicted octanol–water partition coefficient (Wildman–Crippen LogP) is 4.77. The molecule has 0 aliphatic rings. The van der Waals surface area contributed by atoms with Crippen molar-refractivity contribution < 1.29 is 14.3 Å². The molecule has 0 aliphatic carbocycles. The van der Waals surface area contributed by atoms with Gasteiger partial charge in [-0.15, -0.1) is 0 Å². The summed E-state index contributed by atoms with van der Waals surface area (Å²) >= 11 is 0. The van der Waals surface area contributed by atoms with Crippen LogP contribution in [0.1, 0.15) is 22.8 Å². The maximum absolute atomic E-state index is 13.2. The average Bonchev–Trinajstić information content (AvgIpc) is 3.19. The number of carbonyl (C=O) groups excluding carboxylic acids is 2. The smallest absolute Gasteiger partial charge is 0.292 e. The molecule has 31 heavy (non-hydrogen) atoms. The fraction of sp³-hybridized carbons (Fsp3) is 0.154. The molecule has 0 saturated heterocycles. The molecule has 1 heterocycles. The molecule has 0 aliphatic heterocycles. The molecule has 0 saturated carbocycles. The Kier molecular flexibility index (Phi) is 5.85. The Morgan fingerprint density at radius 3 is 2.32 bits per heavy atom. The van der Waals surface area contributed by atoms with E-state index >= 15 is 0 Å². The van der Waals surface area contributed by atoms with Crippen LogP contribution in [0.2, 0.25) is 0 Å². The Balaban J connectivity index is 1.57. The van der Waals surface area contributed by atoms with E-state index in [0.717, 1.165) is 27.8 Å². The maximum Gasteiger partial charge on any atom is 0.292 e. The zero-order valence-corrected chi connectivity index (χ0v) is 17.5. The number of H-pyrrole nitrogens is 1. The number of fused-ring (bicyclic) bond motifs is 1. The molecule has 1 atom stereocenters. The Hall–Kier alpha value is -3.86. The lowest BCUT2D eigenvalue weighted by Crippen LogP contribution is -2.38. The first kappa shape index (κ1) is 20.4. The number of amides is 1. The van der Waals surface area contributed by atoms with Gasteiger partial charge in [-0.05, 0) is 42.7 Å². The third-order valence-electron chi connectivity index (χ3n) is 5.28. The van der Waals surface area contributed by atoms with Gasteiger partial charge in [-0.25, -0.2) is 0 Å². The van der Waals surface area contributed by atoms with Gasteiger partial charge in [0.05, 0.1) is 18.4 Å². The van der Waals surface area contributed by atoms with Gasteiger partial charge in [0.1, 0.15) is 5.75 Å². The number of para-hydroxylation sites is 1. The first-order valence-electron chi connectivity index (χ1n) is 10.2. The lowest BCUT2D eigenvalue weighted by molar-refractivity contribution is -0.117. The summed E-state index contributed by atoms with van der Waals surface area (Å²) in [5, 5.41) is 3.59. The molecule has 3 aromatic carbocycles. The second kappa shape index (κ2) is 8.88. The average molecular weight is 412 g/mol. The first-order valence-corrected chi connectivity index (χ1v) is 10.2. The quantitative estimate of drug-likeness (QED) is 0.339. The lowest BCUT2D eigenvalue weighted by Gasteiger charge is -2.14. The molecule has 0 radical (unpaired) electrons. The van der Waals surface area contributed by atoms with Crippen molar-refractivity contribution in [1.82, 2.24) is 10.3 Å². The minimum atomic E-state index is -0.608. The van der Waals surface area contributed by atoms with E-state index in [1.165, 1.54) is 0 Å². The molecule has 1 unspecified atom stereocenters. The summed E-state index contributed by atoms with van der Waals surface area (Å²) in [4.78, 5) is 29.4. The second-order valence-corrected chi connectivity index (χ2v) is 7.54. The van der Waals surface area contributed by atoms with Crippen LogP contribution in [0.4, 0.5) is 0 Å². The topological polar surface area (TPSA) is 71.2 Å². The van der Waals surface area contributed by atoms with Crippen molar-refractivity contribution in [2.24, 2.45) is 0 Å². The summed E-state index contributed by atoms with van der Waals surface area (Å²) in [6, 6.07) is 24.6. The lowest BCUT2D eigenvalue weighted by atomic mass is 10.0. The normalized spacial score (nSPS) is 11.8. The molecule has 5 nitrogen and oxygen atoms in total. The number of hydrogen-bond acceptors (Lipinski definition) is 3. The number of nitrogens with one attached hydrogen (secondary N) is 2. The molecular formula is C26H24N2O3. The van der Waals surface area contributed by atoms with Gasteiger partial charge in [0.15, 0.2) is 0 Å². The number of Topliss-reactive ketones (excluding diaryl/α,β-unsaturated/α-hetero) is 1. The molecule has 1 aromatic heterocycles. The number of methoxy groups -OCH3 is 1. The highest BCUT2D eigenvalue weighted by Crippen LogP contribution is 2.30. The van der Waals surface area contributed by atoms with Crippen LogP contribution >= 0.6 is 0 Å². The van der Waals surface area contributed by atoms with Crippen molar-refractivity contribution in [3.8, 4) is 17.0 Å². The van der Waals surface area contributed by atoms with Gasteiger partial charge in [-0.1, -0.05) is 60.7 Å². The van der Waals surface area contributed by atoms with E-state index in [2.05, 4.69) is 10.3 Å². The fourth-order valence-corrected chi connectivity index (χ4v) is 3.77. The van der Waals surface area contributed by atoms with E-state index in [1.54, 1.807) is 7.11 Å². The minimum absolute atomic E-state index is 0.199. The Labute approximate surface area is 181 Å². The standard InChI is InChI=1S/C26H24N2O3/c1-17(16-18-12-14-20(31-2)15-13-18)27-26(30)25(29)23-21-10-6-7-11-22(21)28-24(23)19-8-4-3-5-9-19/h3-15,17,28H,16H2,1-2H3,(H,27,30). The molecule has 0 fully saturated rings. The van der Waals surface area contributed by atoms with Gasteiger partial charge < -0.3 is 15.0 Å². The molecule has 0 spiro atoms. The summed E-state index contributed by atoms with van der Waals surface area (Å²) in [7, 11) is 1.62. The predicted molar refractivity (Wildman–Crippen MR) is 122 cm³/mol. The van der Waals surface area contributed by atoms with Gasteiger partial charge in [-0.2, -0.15) is 0 Å². The molecule has 4 aromatic rings. The third kappa shape index (κ3) is 4.36. The van der Waals surface area contributed by atoms with Crippen LogP contribution < -0.4 is 10.1 Å². The van der Waals surface area contributed by atoms with E-state index in [9.17, 15) is 9.59 Å². The van der Waals surface area contributed by atoms with Crippen LogP contribution in [0.15, 0.2) is 78.9 Å². The molecule has 2 N–H and O–H groups in total. The summed E-state index contributed by atoms with van der Waals surface area (Å²) in [5.74, 6) is -0.371. The van der Waals surface area contributed by atoms with Crippen LogP contribution in [-0.4, -0.2) is 29.8 Å². The van der Waals surface area contributed by atoms with Crippen LogP contribution in [-0.2, 0) is 11.2 Å². The van der Waals surface area contributed by atoms with E-state index < -0.39 is 11.7 Å². The van der Waals surface area contributed by atoms with E-state index in [4.69, 9.17) is 4.74 Å². The molecule has 156 valence electrons. The van der Waals surface area contributed by atoms with Gasteiger partial charge in [0.2, 0.25) is 0 Å². The van der Waals surface area contributed by atoms with Crippen molar-refractivity contribution in [1.29, 1.82) is 0 Å². The summed E-state index contributed by atoms with van der Waals surface area (Å²) in [6.45, 7) is 1.89. The van der Waals surface area contributed by atoms with Crippen LogP contribution in [0.3, 0.4) is 0 Å². The SMILES string of the molecule is COc1ccc(CC(C)NC(=O)C(=O)c2c(-c3ccccc3)[nH]c3ccccc23)cc1. The first-order chi connectivity index (χ1) is 15.1. The highest BCUT2D eigenvalue weighted by atomic mass is 16.5. The van der Waals surface area contributed by atoms with Gasteiger partial charge in [-0.3, -0.25) is 9.59 Å². The highest BCUT2D eigenvalue weighted by Gasteiger charge is 2.25. The van der Waals surface area contributed by atoms with E-state index in [1.807, 2.05) is 85.8 Å². The monoisotopic (exact) mass is 412 g/mol. The van der Waals surface area contributed by atoms with Gasteiger partial charge in [0.25, 0.3) is 11.7 Å². The van der Waals surface area contributed by atoms with Crippen molar-refractivity contribution in [3.63, 3.8) is 0 Å². The number of rotatable bonds is 7. The Bertz CT molecular complexity index is 1210. The fourth-order valence-electron chi connectivity index (χ4n) is 3.77. The van der Waals surface area contributed by atoms with Crippen molar-refractivity contribution in [2.45, 2.75) is 19.4 Å². The number of aromatic amines is 1.